The Morgan fingerprint density at radius 2 is 2.17 bits per heavy atom. The Morgan fingerprint density at radius 1 is 1.43 bits per heavy atom. The molecule has 23 heavy (non-hydrogen) atoms. The first kappa shape index (κ1) is 17.2. The Labute approximate surface area is 136 Å². The van der Waals surface area contributed by atoms with Crippen LogP contribution in [0.25, 0.3) is 0 Å². The maximum Gasteiger partial charge on any atom is 0.407 e. The Morgan fingerprint density at radius 3 is 2.83 bits per heavy atom. The molecule has 1 saturated heterocycles. The van der Waals surface area contributed by atoms with Crippen LogP contribution < -0.4 is 10.2 Å². The fraction of sp³-hybridized carbons (Fsp3) is 0.625. The summed E-state index contributed by atoms with van der Waals surface area (Å²) in [6, 6.07) is -0.0225. The lowest BCUT2D eigenvalue weighted by Crippen LogP contribution is -2.49. The number of carbonyl (C=O) groups excluding carboxylic acids is 1. The molecule has 1 amide bonds. The largest absolute Gasteiger partial charge is 0.444 e. The number of piperidine rings is 1. The lowest BCUT2D eigenvalue weighted by Gasteiger charge is -2.36. The second-order valence-electron chi connectivity index (χ2n) is 6.85. The van der Waals surface area contributed by atoms with Crippen LogP contribution in [0.1, 0.15) is 39.2 Å². The molecular weight excluding hydrogens is 296 g/mol. The summed E-state index contributed by atoms with van der Waals surface area (Å²) in [7, 11) is 0. The van der Waals surface area contributed by atoms with Crippen LogP contribution in [-0.2, 0) is 4.74 Å². The minimum absolute atomic E-state index is 0.0225. The van der Waals surface area contributed by atoms with Crippen molar-refractivity contribution in [1.82, 2.24) is 10.3 Å². The van der Waals surface area contributed by atoms with Crippen LogP contribution in [0.3, 0.4) is 0 Å². The number of ether oxygens (including phenoxy) is 1. The number of hydrogen-bond donors (Lipinski definition) is 1. The fourth-order valence-electron chi connectivity index (χ4n) is 2.79. The fourth-order valence-corrected chi connectivity index (χ4v) is 2.79. The number of hydrogen-bond acceptors (Lipinski definition) is 6. The number of nitrogens with zero attached hydrogens (tertiary/aromatic N) is 3. The van der Waals surface area contributed by atoms with Gasteiger partial charge in [-0.3, -0.25) is 4.98 Å². The van der Waals surface area contributed by atoms with Gasteiger partial charge in [0.1, 0.15) is 11.3 Å². The molecule has 2 rings (SSSR count). The number of amides is 1. The van der Waals surface area contributed by atoms with E-state index in [1.54, 1.807) is 6.20 Å². The summed E-state index contributed by atoms with van der Waals surface area (Å²) in [4.78, 5) is 29.1. The Balaban J connectivity index is 2.07. The number of aryl methyl sites for hydroxylation is 1. The van der Waals surface area contributed by atoms with Gasteiger partial charge in [0, 0.05) is 25.3 Å². The van der Waals surface area contributed by atoms with Crippen molar-refractivity contribution in [2.45, 2.75) is 52.2 Å². The molecule has 1 N–H and O–H groups in total. The van der Waals surface area contributed by atoms with E-state index in [0.29, 0.717) is 12.2 Å². The van der Waals surface area contributed by atoms with Gasteiger partial charge in [-0.1, -0.05) is 0 Å². The lowest BCUT2D eigenvalue weighted by atomic mass is 10.0. The van der Waals surface area contributed by atoms with Gasteiger partial charge in [0.25, 0.3) is 0 Å². The van der Waals surface area contributed by atoms with Crippen molar-refractivity contribution in [3.63, 3.8) is 0 Å². The first-order valence-corrected chi connectivity index (χ1v) is 7.82. The van der Waals surface area contributed by atoms with E-state index in [1.807, 2.05) is 27.7 Å². The monoisotopic (exact) mass is 320 g/mol. The summed E-state index contributed by atoms with van der Waals surface area (Å²) in [5.41, 5.74) is 1.52. The second kappa shape index (κ2) is 6.93. The molecule has 0 bridgehead atoms. The number of carbonyl (C=O) groups is 1. The van der Waals surface area contributed by atoms with Crippen LogP contribution >= 0.6 is 0 Å². The first-order valence-electron chi connectivity index (χ1n) is 7.82. The molecule has 1 unspecified atom stereocenters. The number of pyridine rings is 1. The molecule has 0 aromatic carbocycles. The molecule has 2 heterocycles. The molecule has 1 atom stereocenters. The van der Waals surface area contributed by atoms with Crippen molar-refractivity contribution in [2.24, 2.45) is 5.18 Å². The summed E-state index contributed by atoms with van der Waals surface area (Å²) in [5, 5.41) is 5.98. The number of alkyl carbamates (subject to hydrolysis) is 1. The normalized spacial score (nSPS) is 18.4. The van der Waals surface area contributed by atoms with E-state index in [1.165, 1.54) is 6.20 Å². The molecule has 1 aromatic heterocycles. The van der Waals surface area contributed by atoms with Crippen molar-refractivity contribution < 1.29 is 9.53 Å². The SMILES string of the molecule is Cc1cncc(N=O)c1N1CCCC(NC(=O)OC(C)(C)C)C1. The second-order valence-corrected chi connectivity index (χ2v) is 6.85. The smallest absolute Gasteiger partial charge is 0.407 e. The Kier molecular flexibility index (Phi) is 5.18. The number of aromatic nitrogens is 1. The molecule has 0 aliphatic carbocycles. The van der Waals surface area contributed by atoms with Crippen LogP contribution in [0.15, 0.2) is 17.6 Å². The van der Waals surface area contributed by atoms with E-state index in [2.05, 4.69) is 20.4 Å². The molecule has 1 aliphatic rings. The zero-order valence-electron chi connectivity index (χ0n) is 14.1. The van der Waals surface area contributed by atoms with Gasteiger partial charge in [-0.15, -0.1) is 4.91 Å². The Bertz CT molecular complexity index is 583. The van der Waals surface area contributed by atoms with E-state index in [-0.39, 0.29) is 6.04 Å². The average molecular weight is 320 g/mol. The van der Waals surface area contributed by atoms with Gasteiger partial charge in [0.2, 0.25) is 0 Å². The van der Waals surface area contributed by atoms with E-state index >= 15 is 0 Å². The van der Waals surface area contributed by atoms with Crippen molar-refractivity contribution in [2.75, 3.05) is 18.0 Å². The number of nitrogens with one attached hydrogen (secondary N) is 1. The molecule has 1 aliphatic heterocycles. The van der Waals surface area contributed by atoms with Gasteiger partial charge >= 0.3 is 6.09 Å². The summed E-state index contributed by atoms with van der Waals surface area (Å²) in [5.74, 6) is 0. The molecule has 0 saturated carbocycles. The minimum Gasteiger partial charge on any atom is -0.444 e. The molecule has 1 fully saturated rings. The molecule has 126 valence electrons. The third-order valence-electron chi connectivity index (χ3n) is 3.64. The highest BCUT2D eigenvalue weighted by molar-refractivity contribution is 5.71. The molecule has 0 radical (unpaired) electrons. The van der Waals surface area contributed by atoms with Crippen molar-refractivity contribution >= 4 is 17.5 Å². The molecule has 7 heteroatoms. The summed E-state index contributed by atoms with van der Waals surface area (Å²) in [6.45, 7) is 8.85. The maximum atomic E-state index is 11.9. The minimum atomic E-state index is -0.519. The quantitative estimate of drug-likeness (QED) is 0.864. The Hall–Kier alpha value is -2.18. The van der Waals surface area contributed by atoms with Gasteiger partial charge < -0.3 is 15.0 Å². The van der Waals surface area contributed by atoms with E-state index in [4.69, 9.17) is 4.74 Å². The van der Waals surface area contributed by atoms with Crippen LogP contribution in [0.5, 0.6) is 0 Å². The van der Waals surface area contributed by atoms with Crippen molar-refractivity contribution in [3.05, 3.63) is 22.9 Å². The maximum absolute atomic E-state index is 11.9. The summed E-state index contributed by atoms with van der Waals surface area (Å²) < 4.78 is 5.30. The van der Waals surface area contributed by atoms with Gasteiger partial charge in [-0.05, 0) is 51.3 Å². The predicted octanol–water partition coefficient (Wildman–Crippen LogP) is 3.28. The summed E-state index contributed by atoms with van der Waals surface area (Å²) >= 11 is 0. The van der Waals surface area contributed by atoms with Crippen LogP contribution in [-0.4, -0.2) is 35.8 Å². The van der Waals surface area contributed by atoms with Gasteiger partial charge in [0.15, 0.2) is 0 Å². The van der Waals surface area contributed by atoms with E-state index in [9.17, 15) is 9.70 Å². The standard InChI is InChI=1S/C16H24N4O3/c1-11-8-17-9-13(19-22)14(11)20-7-5-6-12(10-20)18-15(21)23-16(2,3)4/h8-9,12H,5-7,10H2,1-4H3,(H,18,21). The van der Waals surface area contributed by atoms with Crippen LogP contribution in [0.4, 0.5) is 16.2 Å². The highest BCUT2D eigenvalue weighted by Crippen LogP contribution is 2.32. The molecule has 7 nitrogen and oxygen atoms in total. The highest BCUT2D eigenvalue weighted by Gasteiger charge is 2.26. The topological polar surface area (TPSA) is 83.9 Å². The predicted molar refractivity (Wildman–Crippen MR) is 89.0 cm³/mol. The highest BCUT2D eigenvalue weighted by atomic mass is 16.6. The zero-order valence-corrected chi connectivity index (χ0v) is 14.1. The van der Waals surface area contributed by atoms with E-state index < -0.39 is 11.7 Å². The van der Waals surface area contributed by atoms with Gasteiger partial charge in [-0.25, -0.2) is 4.79 Å². The average Bonchev–Trinajstić information content (AvgIpc) is 2.45. The van der Waals surface area contributed by atoms with Gasteiger partial charge in [0.05, 0.1) is 11.9 Å². The zero-order chi connectivity index (χ0) is 17.0. The third kappa shape index (κ3) is 4.64. The molecule has 0 spiro atoms. The molecule has 1 aromatic rings. The van der Waals surface area contributed by atoms with Gasteiger partial charge in [-0.2, -0.15) is 0 Å². The number of nitroso groups, excluding NO2 is 1. The van der Waals surface area contributed by atoms with Crippen molar-refractivity contribution in [1.29, 1.82) is 0 Å². The summed E-state index contributed by atoms with van der Waals surface area (Å²) in [6.07, 6.45) is 4.57. The number of rotatable bonds is 3. The lowest BCUT2D eigenvalue weighted by molar-refractivity contribution is 0.0500. The van der Waals surface area contributed by atoms with Crippen LogP contribution in [0.2, 0.25) is 0 Å². The van der Waals surface area contributed by atoms with Crippen LogP contribution in [0, 0.1) is 11.8 Å². The third-order valence-corrected chi connectivity index (χ3v) is 3.64. The number of anilines is 1. The van der Waals surface area contributed by atoms with Crippen molar-refractivity contribution in [3.8, 4) is 0 Å². The first-order chi connectivity index (χ1) is 10.8. The molecular formula is C16H24N4O3. The van der Waals surface area contributed by atoms with E-state index in [0.717, 1.165) is 30.6 Å².